The van der Waals surface area contributed by atoms with Crippen molar-refractivity contribution in [3.8, 4) is 11.5 Å². The number of benzene rings is 1. The molecule has 3 heterocycles. The molecule has 0 spiro atoms. The average molecular weight is 367 g/mol. The number of amides is 1. The van der Waals surface area contributed by atoms with Gasteiger partial charge in [0, 0.05) is 37.6 Å². The summed E-state index contributed by atoms with van der Waals surface area (Å²) in [4.78, 5) is 18.9. The van der Waals surface area contributed by atoms with Gasteiger partial charge in [0.05, 0.1) is 25.5 Å². The Bertz CT molecular complexity index is 910. The second-order valence-electron chi connectivity index (χ2n) is 6.35. The summed E-state index contributed by atoms with van der Waals surface area (Å²) in [5.74, 6) is 0.688. The van der Waals surface area contributed by atoms with Crippen LogP contribution in [0.25, 0.3) is 11.5 Å². The van der Waals surface area contributed by atoms with Gasteiger partial charge in [0.2, 0.25) is 11.7 Å². The highest BCUT2D eigenvalue weighted by Gasteiger charge is 2.14. The van der Waals surface area contributed by atoms with Crippen LogP contribution in [-0.4, -0.2) is 46.9 Å². The summed E-state index contributed by atoms with van der Waals surface area (Å²) in [7, 11) is 1.91. The standard InChI is InChI=1S/C19H21N5O3/c1-23-8-2-3-16(23)18-21-17(27-22-18)13-20-19(25)14-4-6-15(7-5-14)24-9-11-26-12-10-24/h2-8H,9-13H2,1H3,(H,20,25). The number of rotatable bonds is 5. The zero-order chi connectivity index (χ0) is 18.6. The van der Waals surface area contributed by atoms with Crippen LogP contribution in [0, 0.1) is 0 Å². The molecule has 1 aromatic carbocycles. The minimum Gasteiger partial charge on any atom is -0.378 e. The summed E-state index contributed by atoms with van der Waals surface area (Å²) in [6, 6.07) is 11.4. The fourth-order valence-electron chi connectivity index (χ4n) is 3.03. The van der Waals surface area contributed by atoms with E-state index in [-0.39, 0.29) is 12.5 Å². The summed E-state index contributed by atoms with van der Waals surface area (Å²) < 4.78 is 12.5. The number of anilines is 1. The van der Waals surface area contributed by atoms with Gasteiger partial charge in [-0.25, -0.2) is 0 Å². The Balaban J connectivity index is 1.35. The number of nitrogens with one attached hydrogen (secondary N) is 1. The van der Waals surface area contributed by atoms with Gasteiger partial charge in [-0.3, -0.25) is 4.79 Å². The maximum atomic E-state index is 12.4. The Morgan fingerprint density at radius 1 is 1.19 bits per heavy atom. The van der Waals surface area contributed by atoms with Gasteiger partial charge in [-0.15, -0.1) is 0 Å². The normalized spacial score (nSPS) is 14.3. The molecular weight excluding hydrogens is 346 g/mol. The zero-order valence-electron chi connectivity index (χ0n) is 15.1. The first-order valence-corrected chi connectivity index (χ1v) is 8.86. The highest BCUT2D eigenvalue weighted by molar-refractivity contribution is 5.94. The number of aryl methyl sites for hydroxylation is 1. The van der Waals surface area contributed by atoms with E-state index >= 15 is 0 Å². The second kappa shape index (κ2) is 7.63. The third-order valence-corrected chi connectivity index (χ3v) is 4.55. The van der Waals surface area contributed by atoms with Gasteiger partial charge in [-0.2, -0.15) is 4.98 Å². The predicted octanol–water partition coefficient (Wildman–Crippen LogP) is 1.84. The Labute approximate surface area is 156 Å². The van der Waals surface area contributed by atoms with Crippen molar-refractivity contribution < 1.29 is 14.1 Å². The van der Waals surface area contributed by atoms with Gasteiger partial charge in [0.25, 0.3) is 5.91 Å². The molecule has 0 saturated carbocycles. The van der Waals surface area contributed by atoms with E-state index in [1.165, 1.54) is 0 Å². The molecule has 1 fully saturated rings. The predicted molar refractivity (Wildman–Crippen MR) is 99.3 cm³/mol. The van der Waals surface area contributed by atoms with Crippen LogP contribution in [0.1, 0.15) is 16.2 Å². The van der Waals surface area contributed by atoms with Crippen molar-refractivity contribution in [2.24, 2.45) is 7.05 Å². The monoisotopic (exact) mass is 367 g/mol. The first-order valence-electron chi connectivity index (χ1n) is 8.86. The molecule has 1 amide bonds. The lowest BCUT2D eigenvalue weighted by molar-refractivity contribution is 0.0946. The summed E-state index contributed by atoms with van der Waals surface area (Å²) in [6.07, 6.45) is 1.91. The molecule has 1 aliphatic heterocycles. The first kappa shape index (κ1) is 17.3. The van der Waals surface area contributed by atoms with E-state index in [1.807, 2.05) is 54.2 Å². The molecule has 3 aromatic rings. The molecule has 1 N–H and O–H groups in total. The van der Waals surface area contributed by atoms with Crippen LogP contribution < -0.4 is 10.2 Å². The molecule has 0 atom stereocenters. The molecule has 1 saturated heterocycles. The van der Waals surface area contributed by atoms with E-state index < -0.39 is 0 Å². The summed E-state index contributed by atoms with van der Waals surface area (Å²) >= 11 is 0. The third-order valence-electron chi connectivity index (χ3n) is 4.55. The van der Waals surface area contributed by atoms with Crippen molar-refractivity contribution in [2.45, 2.75) is 6.54 Å². The van der Waals surface area contributed by atoms with Crippen LogP contribution in [0.15, 0.2) is 47.1 Å². The molecule has 8 heteroatoms. The van der Waals surface area contributed by atoms with Gasteiger partial charge in [-0.05, 0) is 36.4 Å². The van der Waals surface area contributed by atoms with Crippen LogP contribution in [0.4, 0.5) is 5.69 Å². The topological polar surface area (TPSA) is 85.4 Å². The minimum absolute atomic E-state index is 0.179. The largest absolute Gasteiger partial charge is 0.378 e. The van der Waals surface area contributed by atoms with Crippen molar-refractivity contribution in [3.63, 3.8) is 0 Å². The van der Waals surface area contributed by atoms with Gasteiger partial charge in [0.1, 0.15) is 0 Å². The van der Waals surface area contributed by atoms with Crippen molar-refractivity contribution in [1.29, 1.82) is 0 Å². The molecule has 0 radical (unpaired) electrons. The average Bonchev–Trinajstić information content (AvgIpc) is 3.35. The molecule has 1 aliphatic rings. The number of morpholine rings is 1. The fraction of sp³-hybridized carbons (Fsp3) is 0.316. The molecular formula is C19H21N5O3. The van der Waals surface area contributed by atoms with Crippen molar-refractivity contribution in [1.82, 2.24) is 20.0 Å². The molecule has 0 aliphatic carbocycles. The lowest BCUT2D eigenvalue weighted by Crippen LogP contribution is -2.36. The molecule has 8 nitrogen and oxygen atoms in total. The summed E-state index contributed by atoms with van der Waals surface area (Å²) in [5.41, 5.74) is 2.54. The molecule has 140 valence electrons. The SMILES string of the molecule is Cn1cccc1-c1noc(CNC(=O)c2ccc(N3CCOCC3)cc2)n1. The number of hydrogen-bond donors (Lipinski definition) is 1. The Kier molecular flexibility index (Phi) is 4.88. The molecule has 0 bridgehead atoms. The maximum Gasteiger partial charge on any atom is 0.251 e. The molecule has 0 unspecified atom stereocenters. The van der Waals surface area contributed by atoms with Gasteiger partial charge >= 0.3 is 0 Å². The Hall–Kier alpha value is -3.13. The van der Waals surface area contributed by atoms with E-state index in [2.05, 4.69) is 20.4 Å². The maximum absolute atomic E-state index is 12.4. The molecule has 4 rings (SSSR count). The highest BCUT2D eigenvalue weighted by atomic mass is 16.5. The number of carbonyl (C=O) groups excluding carboxylic acids is 1. The van der Waals surface area contributed by atoms with Crippen LogP contribution in [0.2, 0.25) is 0 Å². The van der Waals surface area contributed by atoms with Gasteiger partial charge in [0.15, 0.2) is 0 Å². The van der Waals surface area contributed by atoms with Crippen LogP contribution in [0.5, 0.6) is 0 Å². The quantitative estimate of drug-likeness (QED) is 0.741. The molecule has 2 aromatic heterocycles. The second-order valence-corrected chi connectivity index (χ2v) is 6.35. The number of ether oxygens (including phenoxy) is 1. The van der Waals surface area contributed by atoms with Crippen molar-refractivity contribution in [3.05, 3.63) is 54.0 Å². The van der Waals surface area contributed by atoms with Crippen molar-refractivity contribution in [2.75, 3.05) is 31.2 Å². The number of carbonyl (C=O) groups is 1. The third kappa shape index (κ3) is 3.85. The van der Waals surface area contributed by atoms with Crippen LogP contribution in [-0.2, 0) is 18.3 Å². The number of hydrogen-bond acceptors (Lipinski definition) is 6. The Morgan fingerprint density at radius 3 is 2.67 bits per heavy atom. The van der Waals surface area contributed by atoms with E-state index in [0.717, 1.165) is 37.7 Å². The molecule has 27 heavy (non-hydrogen) atoms. The lowest BCUT2D eigenvalue weighted by Gasteiger charge is -2.28. The fourth-order valence-corrected chi connectivity index (χ4v) is 3.03. The summed E-state index contributed by atoms with van der Waals surface area (Å²) in [6.45, 7) is 3.38. The lowest BCUT2D eigenvalue weighted by atomic mass is 10.1. The summed E-state index contributed by atoms with van der Waals surface area (Å²) in [5, 5.41) is 6.77. The first-order chi connectivity index (χ1) is 13.2. The van der Waals surface area contributed by atoms with E-state index in [4.69, 9.17) is 9.26 Å². The minimum atomic E-state index is -0.179. The van der Waals surface area contributed by atoms with Crippen LogP contribution in [0.3, 0.4) is 0 Å². The van der Waals surface area contributed by atoms with Crippen LogP contribution >= 0.6 is 0 Å². The highest BCUT2D eigenvalue weighted by Crippen LogP contribution is 2.17. The van der Waals surface area contributed by atoms with Gasteiger partial charge in [-0.1, -0.05) is 5.16 Å². The zero-order valence-corrected chi connectivity index (χ0v) is 15.1. The smallest absolute Gasteiger partial charge is 0.251 e. The number of nitrogens with zero attached hydrogens (tertiary/aromatic N) is 4. The number of aromatic nitrogens is 3. The van der Waals surface area contributed by atoms with Crippen molar-refractivity contribution >= 4 is 11.6 Å². The Morgan fingerprint density at radius 2 is 1.96 bits per heavy atom. The van der Waals surface area contributed by atoms with E-state index in [9.17, 15) is 4.79 Å². The van der Waals surface area contributed by atoms with Gasteiger partial charge < -0.3 is 24.0 Å². The van der Waals surface area contributed by atoms with E-state index in [1.54, 1.807) is 0 Å². The van der Waals surface area contributed by atoms with E-state index in [0.29, 0.717) is 17.3 Å².